The van der Waals surface area contributed by atoms with E-state index in [4.69, 9.17) is 5.26 Å². The second-order valence-corrected chi connectivity index (χ2v) is 8.36. The lowest BCUT2D eigenvalue weighted by molar-refractivity contribution is -0.384. The largest absolute Gasteiger partial charge is 0.341 e. The fourth-order valence-corrected chi connectivity index (χ4v) is 4.11. The number of sulfone groups is 1. The van der Waals surface area contributed by atoms with Gasteiger partial charge in [0.1, 0.15) is 12.6 Å². The number of rotatable bonds is 9. The maximum Gasteiger partial charge on any atom is 0.269 e. The molecular weight excluding hydrogens is 412 g/mol. The molecule has 156 valence electrons. The molecule has 11 heteroatoms. The number of benzene rings is 2. The molecular formula is C19H18N4O6S. The second-order valence-electron chi connectivity index (χ2n) is 6.25. The van der Waals surface area contributed by atoms with Crippen molar-refractivity contribution in [2.45, 2.75) is 11.8 Å². The smallest absolute Gasteiger partial charge is 0.269 e. The number of nitrogens with zero attached hydrogens (tertiary/aromatic N) is 2. The molecule has 0 aliphatic heterocycles. The third-order valence-corrected chi connectivity index (χ3v) is 5.57. The topological polar surface area (TPSA) is 159 Å². The SMILES string of the molecule is N#CCNC(=O)[C@H](CS(=O)(=O)Cc1ccc([N+](=O)[O-])cc1)NC(=O)c1ccccc1. The van der Waals surface area contributed by atoms with Gasteiger partial charge in [-0.15, -0.1) is 0 Å². The van der Waals surface area contributed by atoms with Gasteiger partial charge in [-0.3, -0.25) is 19.7 Å². The molecule has 0 aromatic heterocycles. The first-order valence-corrected chi connectivity index (χ1v) is 10.5. The highest BCUT2D eigenvalue weighted by Crippen LogP contribution is 2.15. The average Bonchev–Trinajstić information content (AvgIpc) is 2.72. The number of carbonyl (C=O) groups is 2. The molecule has 10 nitrogen and oxygen atoms in total. The van der Waals surface area contributed by atoms with Gasteiger partial charge in [-0.05, 0) is 17.7 Å². The summed E-state index contributed by atoms with van der Waals surface area (Å²) in [5, 5.41) is 24.0. The normalized spacial score (nSPS) is 11.7. The predicted molar refractivity (Wildman–Crippen MR) is 107 cm³/mol. The quantitative estimate of drug-likeness (QED) is 0.340. The van der Waals surface area contributed by atoms with Crippen LogP contribution in [0.4, 0.5) is 5.69 Å². The van der Waals surface area contributed by atoms with Gasteiger partial charge in [0.15, 0.2) is 9.84 Å². The van der Waals surface area contributed by atoms with E-state index in [1.54, 1.807) is 24.3 Å². The Bertz CT molecular complexity index is 1060. The highest BCUT2D eigenvalue weighted by molar-refractivity contribution is 7.90. The monoisotopic (exact) mass is 430 g/mol. The highest BCUT2D eigenvalue weighted by Gasteiger charge is 2.28. The molecule has 2 N–H and O–H groups in total. The van der Waals surface area contributed by atoms with Crippen molar-refractivity contribution in [1.29, 1.82) is 5.26 Å². The zero-order chi connectivity index (χ0) is 22.1. The van der Waals surface area contributed by atoms with E-state index in [1.807, 2.05) is 0 Å². The minimum atomic E-state index is -3.89. The van der Waals surface area contributed by atoms with Gasteiger partial charge in [0.05, 0.1) is 22.5 Å². The second kappa shape index (κ2) is 10.1. The number of carbonyl (C=O) groups excluding carboxylic acids is 2. The molecule has 0 aliphatic rings. The van der Waals surface area contributed by atoms with Crippen molar-refractivity contribution in [2.24, 2.45) is 0 Å². The zero-order valence-electron chi connectivity index (χ0n) is 15.6. The molecule has 0 radical (unpaired) electrons. The van der Waals surface area contributed by atoms with Crippen LogP contribution in [0.25, 0.3) is 0 Å². The van der Waals surface area contributed by atoms with Crippen LogP contribution in [0.3, 0.4) is 0 Å². The summed E-state index contributed by atoms with van der Waals surface area (Å²) in [4.78, 5) is 34.8. The summed E-state index contributed by atoms with van der Waals surface area (Å²) in [7, 11) is -3.89. The summed E-state index contributed by atoms with van der Waals surface area (Å²) >= 11 is 0. The molecule has 0 unspecified atom stereocenters. The van der Waals surface area contributed by atoms with E-state index in [0.29, 0.717) is 5.56 Å². The van der Waals surface area contributed by atoms with E-state index >= 15 is 0 Å². The van der Waals surface area contributed by atoms with Crippen LogP contribution < -0.4 is 10.6 Å². The van der Waals surface area contributed by atoms with Crippen molar-refractivity contribution in [3.05, 3.63) is 75.8 Å². The van der Waals surface area contributed by atoms with E-state index < -0.39 is 44.1 Å². The van der Waals surface area contributed by atoms with Gasteiger partial charge in [-0.2, -0.15) is 5.26 Å². The van der Waals surface area contributed by atoms with Crippen LogP contribution in [0.1, 0.15) is 15.9 Å². The third-order valence-electron chi connectivity index (χ3n) is 3.95. The Hall–Kier alpha value is -3.78. The number of nitro groups is 1. The first-order valence-electron chi connectivity index (χ1n) is 8.66. The first kappa shape index (κ1) is 22.5. The summed E-state index contributed by atoms with van der Waals surface area (Å²) < 4.78 is 25.2. The van der Waals surface area contributed by atoms with Gasteiger partial charge in [0, 0.05) is 17.7 Å². The van der Waals surface area contributed by atoms with Crippen LogP contribution in [0.2, 0.25) is 0 Å². The zero-order valence-corrected chi connectivity index (χ0v) is 16.5. The molecule has 0 bridgehead atoms. The number of hydrogen-bond donors (Lipinski definition) is 2. The lowest BCUT2D eigenvalue weighted by Gasteiger charge is -2.18. The Morgan fingerprint density at radius 1 is 1.10 bits per heavy atom. The average molecular weight is 430 g/mol. The van der Waals surface area contributed by atoms with Crippen molar-refractivity contribution in [3.63, 3.8) is 0 Å². The number of non-ortho nitro benzene ring substituents is 1. The van der Waals surface area contributed by atoms with Gasteiger partial charge in [-0.25, -0.2) is 8.42 Å². The van der Waals surface area contributed by atoms with Crippen LogP contribution in [0.15, 0.2) is 54.6 Å². The summed E-state index contributed by atoms with van der Waals surface area (Å²) in [5.74, 6) is -2.64. The molecule has 2 rings (SSSR count). The van der Waals surface area contributed by atoms with E-state index in [1.165, 1.54) is 36.4 Å². The Balaban J connectivity index is 2.16. The van der Waals surface area contributed by atoms with Gasteiger partial charge >= 0.3 is 0 Å². The van der Waals surface area contributed by atoms with E-state index in [0.717, 1.165) is 0 Å². The van der Waals surface area contributed by atoms with Crippen molar-refractivity contribution < 1.29 is 22.9 Å². The van der Waals surface area contributed by atoms with E-state index in [9.17, 15) is 28.1 Å². The Labute approximate surface area is 172 Å². The number of amides is 2. The lowest BCUT2D eigenvalue weighted by atomic mass is 10.2. The van der Waals surface area contributed by atoms with Crippen LogP contribution in [0, 0.1) is 21.4 Å². The number of nitrogens with one attached hydrogen (secondary N) is 2. The lowest BCUT2D eigenvalue weighted by Crippen LogP contribution is -2.50. The Kier molecular flexibility index (Phi) is 7.60. The number of hydrogen-bond acceptors (Lipinski definition) is 7. The van der Waals surface area contributed by atoms with Crippen molar-refractivity contribution in [2.75, 3.05) is 12.3 Å². The molecule has 0 heterocycles. The predicted octanol–water partition coefficient (Wildman–Crippen LogP) is 0.948. The molecule has 0 aliphatic carbocycles. The highest BCUT2D eigenvalue weighted by atomic mass is 32.2. The van der Waals surface area contributed by atoms with Crippen LogP contribution in [-0.4, -0.2) is 43.5 Å². The minimum Gasteiger partial charge on any atom is -0.341 e. The first-order chi connectivity index (χ1) is 14.2. The summed E-state index contributed by atoms with van der Waals surface area (Å²) in [6, 6.07) is 13.2. The van der Waals surface area contributed by atoms with Crippen LogP contribution in [-0.2, 0) is 20.4 Å². The van der Waals surface area contributed by atoms with E-state index in [-0.39, 0.29) is 17.8 Å². The standard InChI is InChI=1S/C19H18N4O6S/c20-10-11-21-19(25)17(22-18(24)15-4-2-1-3-5-15)13-30(28,29)12-14-6-8-16(9-7-14)23(26)27/h1-9,17H,11-13H2,(H,21,25)(H,22,24)/t17-/m0/s1. The molecule has 0 saturated carbocycles. The van der Waals surface area contributed by atoms with Crippen LogP contribution in [0.5, 0.6) is 0 Å². The van der Waals surface area contributed by atoms with Gasteiger partial charge in [-0.1, -0.05) is 30.3 Å². The van der Waals surface area contributed by atoms with Gasteiger partial charge in [0.2, 0.25) is 5.91 Å². The Morgan fingerprint density at radius 2 is 1.73 bits per heavy atom. The molecule has 2 aromatic rings. The summed E-state index contributed by atoms with van der Waals surface area (Å²) in [6.07, 6.45) is 0. The summed E-state index contributed by atoms with van der Waals surface area (Å²) in [5.41, 5.74) is 0.356. The summed E-state index contributed by atoms with van der Waals surface area (Å²) in [6.45, 7) is -0.348. The molecule has 1 atom stereocenters. The Morgan fingerprint density at radius 3 is 2.30 bits per heavy atom. The molecule has 2 amide bonds. The van der Waals surface area contributed by atoms with Gasteiger partial charge in [0.25, 0.3) is 11.6 Å². The third kappa shape index (κ3) is 6.68. The number of nitriles is 1. The van der Waals surface area contributed by atoms with Crippen molar-refractivity contribution in [1.82, 2.24) is 10.6 Å². The molecule has 0 saturated heterocycles. The van der Waals surface area contributed by atoms with Crippen molar-refractivity contribution in [3.8, 4) is 6.07 Å². The van der Waals surface area contributed by atoms with Crippen molar-refractivity contribution >= 4 is 27.3 Å². The minimum absolute atomic E-state index is 0.181. The van der Waals surface area contributed by atoms with Crippen LogP contribution >= 0.6 is 0 Å². The maximum atomic E-state index is 12.6. The fraction of sp³-hybridized carbons (Fsp3) is 0.211. The van der Waals surface area contributed by atoms with Gasteiger partial charge < -0.3 is 10.6 Å². The molecule has 0 fully saturated rings. The maximum absolute atomic E-state index is 12.6. The molecule has 30 heavy (non-hydrogen) atoms. The molecule has 2 aromatic carbocycles. The van der Waals surface area contributed by atoms with E-state index in [2.05, 4.69) is 10.6 Å². The number of nitro benzene ring substituents is 1. The molecule has 0 spiro atoms. The fourth-order valence-electron chi connectivity index (χ4n) is 2.54.